The standard InChI is InChI=1S/C21H20F3NO2/c1-14(2)27-18-12-8-16(9-13-18)19(4-3-5-20(25)26)15-6-10-17(11-7-15)21(22,23)24/h3-14H,1-2H3,(H2,25,26). The van der Waals surface area contributed by atoms with Crippen LogP contribution in [0.3, 0.4) is 0 Å². The number of carbonyl (C=O) groups is 1. The monoisotopic (exact) mass is 375 g/mol. The van der Waals surface area contributed by atoms with Crippen molar-refractivity contribution in [2.24, 2.45) is 5.73 Å². The van der Waals surface area contributed by atoms with Gasteiger partial charge in [-0.3, -0.25) is 4.79 Å². The maximum Gasteiger partial charge on any atom is 0.416 e. The Hall–Kier alpha value is -3.02. The molecule has 0 atom stereocenters. The molecule has 0 aliphatic carbocycles. The van der Waals surface area contributed by atoms with Crippen molar-refractivity contribution < 1.29 is 22.7 Å². The fourth-order valence-electron chi connectivity index (χ4n) is 2.42. The molecule has 2 N–H and O–H groups in total. The van der Waals surface area contributed by atoms with Crippen LogP contribution in [0.1, 0.15) is 30.5 Å². The minimum Gasteiger partial charge on any atom is -0.491 e. The largest absolute Gasteiger partial charge is 0.491 e. The summed E-state index contributed by atoms with van der Waals surface area (Å²) in [6, 6.07) is 12.0. The number of hydrogen-bond acceptors (Lipinski definition) is 2. The molecule has 0 aliphatic rings. The van der Waals surface area contributed by atoms with Gasteiger partial charge in [0, 0.05) is 6.08 Å². The van der Waals surface area contributed by atoms with Crippen molar-refractivity contribution in [1.29, 1.82) is 0 Å². The zero-order valence-corrected chi connectivity index (χ0v) is 15.0. The van der Waals surface area contributed by atoms with Crippen LogP contribution in [-0.4, -0.2) is 12.0 Å². The Bertz CT molecular complexity index is 833. The highest BCUT2D eigenvalue weighted by molar-refractivity contribution is 5.87. The normalized spacial score (nSPS) is 12.6. The molecule has 1 amide bonds. The number of benzene rings is 2. The smallest absolute Gasteiger partial charge is 0.416 e. The van der Waals surface area contributed by atoms with Gasteiger partial charge in [-0.2, -0.15) is 13.2 Å². The quantitative estimate of drug-likeness (QED) is 0.573. The Balaban J connectivity index is 2.41. The second kappa shape index (κ2) is 8.58. The second-order valence-electron chi connectivity index (χ2n) is 6.11. The number of hydrogen-bond donors (Lipinski definition) is 1. The van der Waals surface area contributed by atoms with Gasteiger partial charge in [-0.25, -0.2) is 0 Å². The van der Waals surface area contributed by atoms with Crippen molar-refractivity contribution >= 4 is 11.5 Å². The molecule has 2 aromatic carbocycles. The van der Waals surface area contributed by atoms with Crippen LogP contribution in [0.15, 0.2) is 66.8 Å². The summed E-state index contributed by atoms with van der Waals surface area (Å²) in [4.78, 5) is 10.9. The Morgan fingerprint density at radius 2 is 1.52 bits per heavy atom. The van der Waals surface area contributed by atoms with Crippen LogP contribution in [0.25, 0.3) is 5.57 Å². The van der Waals surface area contributed by atoms with E-state index in [0.29, 0.717) is 16.9 Å². The van der Waals surface area contributed by atoms with Gasteiger partial charge in [-0.15, -0.1) is 0 Å². The molecule has 0 saturated heterocycles. The highest BCUT2D eigenvalue weighted by atomic mass is 19.4. The number of nitrogens with two attached hydrogens (primary N) is 1. The molecule has 0 aromatic heterocycles. The number of halogens is 3. The zero-order valence-electron chi connectivity index (χ0n) is 15.0. The topological polar surface area (TPSA) is 52.3 Å². The summed E-state index contributed by atoms with van der Waals surface area (Å²) in [6.45, 7) is 3.83. The maximum absolute atomic E-state index is 12.8. The number of alkyl halides is 3. The van der Waals surface area contributed by atoms with Gasteiger partial charge in [-0.05, 0) is 54.8 Å². The van der Waals surface area contributed by atoms with Crippen molar-refractivity contribution in [2.75, 3.05) is 0 Å². The van der Waals surface area contributed by atoms with Crippen LogP contribution < -0.4 is 10.5 Å². The number of amides is 1. The van der Waals surface area contributed by atoms with Gasteiger partial charge in [0.2, 0.25) is 5.91 Å². The molecular weight excluding hydrogens is 355 g/mol. The molecule has 2 aromatic rings. The van der Waals surface area contributed by atoms with E-state index < -0.39 is 17.6 Å². The molecule has 27 heavy (non-hydrogen) atoms. The van der Waals surface area contributed by atoms with Crippen LogP contribution >= 0.6 is 0 Å². The van der Waals surface area contributed by atoms with Crippen molar-refractivity contribution in [1.82, 2.24) is 0 Å². The van der Waals surface area contributed by atoms with Crippen LogP contribution in [0.5, 0.6) is 5.75 Å². The van der Waals surface area contributed by atoms with Crippen molar-refractivity contribution in [3.63, 3.8) is 0 Å². The van der Waals surface area contributed by atoms with E-state index in [1.807, 2.05) is 13.8 Å². The van der Waals surface area contributed by atoms with Crippen molar-refractivity contribution in [3.05, 3.63) is 83.4 Å². The average molecular weight is 375 g/mol. The van der Waals surface area contributed by atoms with Crippen LogP contribution in [0, 0.1) is 0 Å². The third-order valence-electron chi connectivity index (χ3n) is 3.58. The van der Waals surface area contributed by atoms with Crippen LogP contribution in [-0.2, 0) is 11.0 Å². The van der Waals surface area contributed by atoms with Crippen LogP contribution in [0.4, 0.5) is 13.2 Å². The molecule has 0 heterocycles. The van der Waals surface area contributed by atoms with Gasteiger partial charge in [0.1, 0.15) is 5.75 Å². The summed E-state index contributed by atoms with van der Waals surface area (Å²) in [5, 5.41) is 0. The SMILES string of the molecule is CC(C)Oc1ccc(C(=CC=CC(N)=O)c2ccc(C(F)(F)F)cc2)cc1. The number of ether oxygens (including phenoxy) is 1. The lowest BCUT2D eigenvalue weighted by atomic mass is 9.96. The first kappa shape index (κ1) is 20.3. The van der Waals surface area contributed by atoms with E-state index in [1.165, 1.54) is 24.3 Å². The first-order chi connectivity index (χ1) is 12.7. The first-order valence-corrected chi connectivity index (χ1v) is 8.29. The van der Waals surface area contributed by atoms with Gasteiger partial charge in [-0.1, -0.05) is 36.4 Å². The van der Waals surface area contributed by atoms with Crippen molar-refractivity contribution in [3.8, 4) is 5.75 Å². The molecular formula is C21H20F3NO2. The fraction of sp³-hybridized carbons (Fsp3) is 0.190. The van der Waals surface area contributed by atoms with E-state index in [2.05, 4.69) is 0 Å². The molecule has 142 valence electrons. The fourth-order valence-corrected chi connectivity index (χ4v) is 2.42. The predicted molar refractivity (Wildman–Crippen MR) is 99.1 cm³/mol. The molecule has 0 unspecified atom stereocenters. The highest BCUT2D eigenvalue weighted by Gasteiger charge is 2.30. The Kier molecular flexibility index (Phi) is 6.45. The number of carbonyl (C=O) groups excluding carboxylic acids is 1. The summed E-state index contributed by atoms with van der Waals surface area (Å²) < 4.78 is 44.0. The molecule has 0 aliphatic heterocycles. The number of primary amides is 1. The highest BCUT2D eigenvalue weighted by Crippen LogP contribution is 2.32. The Labute approximate surface area is 156 Å². The predicted octanol–water partition coefficient (Wildman–Crippen LogP) is 4.97. The molecule has 0 saturated carbocycles. The molecule has 0 spiro atoms. The molecule has 0 fully saturated rings. The summed E-state index contributed by atoms with van der Waals surface area (Å²) >= 11 is 0. The molecule has 0 radical (unpaired) electrons. The summed E-state index contributed by atoms with van der Waals surface area (Å²) in [6.07, 6.45) is -0.0940. The zero-order chi connectivity index (χ0) is 20.0. The third kappa shape index (κ3) is 6.02. The van der Waals surface area contributed by atoms with Gasteiger partial charge in [0.25, 0.3) is 0 Å². The van der Waals surface area contributed by atoms with Gasteiger partial charge in [0.15, 0.2) is 0 Å². The summed E-state index contributed by atoms with van der Waals surface area (Å²) in [5.41, 5.74) is 6.36. The number of rotatable bonds is 6. The lowest BCUT2D eigenvalue weighted by molar-refractivity contribution is -0.137. The van der Waals surface area contributed by atoms with Crippen LogP contribution in [0.2, 0.25) is 0 Å². The lowest BCUT2D eigenvalue weighted by Crippen LogP contribution is -2.05. The van der Waals surface area contributed by atoms with Crippen molar-refractivity contribution in [2.45, 2.75) is 26.1 Å². The maximum atomic E-state index is 12.8. The van der Waals surface area contributed by atoms with E-state index in [1.54, 1.807) is 30.3 Å². The third-order valence-corrected chi connectivity index (χ3v) is 3.58. The van der Waals surface area contributed by atoms with E-state index in [4.69, 9.17) is 10.5 Å². The average Bonchev–Trinajstić information content (AvgIpc) is 2.58. The van der Waals surface area contributed by atoms with Gasteiger partial charge >= 0.3 is 6.18 Å². The second-order valence-corrected chi connectivity index (χ2v) is 6.11. The van der Waals surface area contributed by atoms with E-state index in [0.717, 1.165) is 17.7 Å². The molecule has 0 bridgehead atoms. The minimum atomic E-state index is -4.40. The molecule has 6 heteroatoms. The first-order valence-electron chi connectivity index (χ1n) is 8.29. The Morgan fingerprint density at radius 1 is 1.00 bits per heavy atom. The summed E-state index contributed by atoms with van der Waals surface area (Å²) in [7, 11) is 0. The van der Waals surface area contributed by atoms with Gasteiger partial charge < -0.3 is 10.5 Å². The summed E-state index contributed by atoms with van der Waals surface area (Å²) in [5.74, 6) is 0.0758. The van der Waals surface area contributed by atoms with E-state index in [-0.39, 0.29) is 6.10 Å². The molecule has 3 nitrogen and oxygen atoms in total. The minimum absolute atomic E-state index is 0.0271. The lowest BCUT2D eigenvalue weighted by Gasteiger charge is -2.13. The number of allylic oxidation sites excluding steroid dienone is 2. The van der Waals surface area contributed by atoms with E-state index >= 15 is 0 Å². The van der Waals surface area contributed by atoms with Gasteiger partial charge in [0.05, 0.1) is 11.7 Å². The Morgan fingerprint density at radius 3 is 1.96 bits per heavy atom. The van der Waals surface area contributed by atoms with E-state index in [9.17, 15) is 18.0 Å². The molecule has 2 rings (SSSR count).